The van der Waals surface area contributed by atoms with Crippen LogP contribution in [-0.2, 0) is 16.1 Å². The van der Waals surface area contributed by atoms with Crippen LogP contribution < -0.4 is 5.32 Å². The standard InChI is InChI=1S/C26H22N4O3S/c1-17-22(25(31)33-16-18-9-4-2-5-10-18)24(28-26(32)27-17)20-15-30(19-11-6-3-7-12-19)29-23(20)21-13-8-14-34-21/h2-15,22,24H,16H2,1H3,(H,28,32). The number of carbonyl (C=O) groups excluding carboxylic acids is 2. The minimum absolute atomic E-state index is 0.144. The Morgan fingerprint density at radius 2 is 1.79 bits per heavy atom. The molecular formula is C26H22N4O3S. The van der Waals surface area contributed by atoms with Crippen molar-refractivity contribution in [2.24, 2.45) is 10.9 Å². The van der Waals surface area contributed by atoms with E-state index < -0.39 is 24.0 Å². The maximum atomic E-state index is 13.3. The number of hydrogen-bond donors (Lipinski definition) is 1. The zero-order valence-corrected chi connectivity index (χ0v) is 19.2. The first kappa shape index (κ1) is 21.8. The van der Waals surface area contributed by atoms with Crippen LogP contribution >= 0.6 is 11.3 Å². The number of aliphatic imine (C=N–C) groups is 1. The highest BCUT2D eigenvalue weighted by Crippen LogP contribution is 2.36. The molecule has 1 aliphatic rings. The Bertz CT molecular complexity index is 1330. The summed E-state index contributed by atoms with van der Waals surface area (Å²) in [6.45, 7) is 1.83. The summed E-state index contributed by atoms with van der Waals surface area (Å²) in [4.78, 5) is 30.6. The van der Waals surface area contributed by atoms with Gasteiger partial charge in [0.2, 0.25) is 0 Å². The van der Waals surface area contributed by atoms with Gasteiger partial charge in [-0.1, -0.05) is 54.6 Å². The molecule has 0 fully saturated rings. The Morgan fingerprint density at radius 1 is 1.06 bits per heavy atom. The molecule has 2 amide bonds. The van der Waals surface area contributed by atoms with Crippen LogP contribution in [0.25, 0.3) is 16.3 Å². The van der Waals surface area contributed by atoms with Gasteiger partial charge in [-0.3, -0.25) is 4.79 Å². The lowest BCUT2D eigenvalue weighted by Crippen LogP contribution is -2.44. The molecule has 7 nitrogen and oxygen atoms in total. The number of amides is 2. The van der Waals surface area contributed by atoms with Crippen molar-refractivity contribution in [2.45, 2.75) is 19.6 Å². The lowest BCUT2D eigenvalue weighted by Gasteiger charge is -2.29. The second-order valence-electron chi connectivity index (χ2n) is 7.94. The van der Waals surface area contributed by atoms with E-state index >= 15 is 0 Å². The van der Waals surface area contributed by atoms with Crippen molar-refractivity contribution in [1.82, 2.24) is 15.1 Å². The van der Waals surface area contributed by atoms with Gasteiger partial charge in [-0.15, -0.1) is 11.3 Å². The fraction of sp³-hybridized carbons (Fsp3) is 0.154. The predicted octanol–water partition coefficient (Wildman–Crippen LogP) is 5.19. The van der Waals surface area contributed by atoms with Gasteiger partial charge in [-0.25, -0.2) is 14.5 Å². The molecule has 2 aromatic heterocycles. The molecule has 2 unspecified atom stereocenters. The minimum atomic E-state index is -0.770. The van der Waals surface area contributed by atoms with Crippen molar-refractivity contribution >= 4 is 29.0 Å². The van der Waals surface area contributed by atoms with Crippen LogP contribution in [-0.4, -0.2) is 27.5 Å². The fourth-order valence-electron chi connectivity index (χ4n) is 4.03. The number of ether oxygens (including phenoxy) is 1. The molecule has 1 aliphatic heterocycles. The summed E-state index contributed by atoms with van der Waals surface area (Å²) in [5, 5.41) is 9.67. The molecular weight excluding hydrogens is 448 g/mol. The van der Waals surface area contributed by atoms with E-state index in [2.05, 4.69) is 10.3 Å². The van der Waals surface area contributed by atoms with Crippen LogP contribution in [0.1, 0.15) is 24.1 Å². The second kappa shape index (κ2) is 9.44. The van der Waals surface area contributed by atoms with E-state index in [0.717, 1.165) is 21.7 Å². The molecule has 0 spiro atoms. The minimum Gasteiger partial charge on any atom is -0.460 e. The van der Waals surface area contributed by atoms with E-state index in [9.17, 15) is 9.59 Å². The highest BCUT2D eigenvalue weighted by molar-refractivity contribution is 7.13. The first-order valence-corrected chi connectivity index (χ1v) is 11.7. The summed E-state index contributed by atoms with van der Waals surface area (Å²) in [6, 6.07) is 22.0. The summed E-state index contributed by atoms with van der Waals surface area (Å²) in [7, 11) is 0. The number of esters is 1. The van der Waals surface area contributed by atoms with Gasteiger partial charge in [0.05, 0.1) is 16.6 Å². The summed E-state index contributed by atoms with van der Waals surface area (Å²) < 4.78 is 7.42. The van der Waals surface area contributed by atoms with Gasteiger partial charge in [0.15, 0.2) is 0 Å². The van der Waals surface area contributed by atoms with Gasteiger partial charge >= 0.3 is 12.0 Å². The third-order valence-electron chi connectivity index (χ3n) is 5.67. The van der Waals surface area contributed by atoms with Gasteiger partial charge in [0.25, 0.3) is 0 Å². The highest BCUT2D eigenvalue weighted by atomic mass is 32.1. The first-order chi connectivity index (χ1) is 16.6. The molecule has 0 aliphatic carbocycles. The number of hydrogen-bond acceptors (Lipinski definition) is 5. The molecule has 2 atom stereocenters. The van der Waals surface area contributed by atoms with Crippen molar-refractivity contribution in [1.29, 1.82) is 0 Å². The van der Waals surface area contributed by atoms with Gasteiger partial charge in [0.1, 0.15) is 18.2 Å². The van der Waals surface area contributed by atoms with Gasteiger partial charge in [-0.2, -0.15) is 5.10 Å². The van der Waals surface area contributed by atoms with E-state index in [1.807, 2.05) is 84.4 Å². The maximum Gasteiger partial charge on any atom is 0.341 e. The van der Waals surface area contributed by atoms with Gasteiger partial charge in [-0.05, 0) is 36.1 Å². The van der Waals surface area contributed by atoms with Crippen LogP contribution in [0.2, 0.25) is 0 Å². The monoisotopic (exact) mass is 470 g/mol. The zero-order valence-electron chi connectivity index (χ0n) is 18.4. The number of rotatable bonds is 6. The summed E-state index contributed by atoms with van der Waals surface area (Å²) in [6.07, 6.45) is 1.87. The Labute approximate surface area is 200 Å². The highest BCUT2D eigenvalue weighted by Gasteiger charge is 2.40. The van der Waals surface area contributed by atoms with Crippen LogP contribution in [0, 0.1) is 5.92 Å². The molecule has 2 aromatic carbocycles. The Hall–Kier alpha value is -4.04. The first-order valence-electron chi connectivity index (χ1n) is 10.9. The van der Waals surface area contributed by atoms with Crippen molar-refractivity contribution in [3.63, 3.8) is 0 Å². The lowest BCUT2D eigenvalue weighted by molar-refractivity contribution is -0.148. The quantitative estimate of drug-likeness (QED) is 0.393. The number of thiophene rings is 1. The number of benzene rings is 2. The number of urea groups is 1. The largest absolute Gasteiger partial charge is 0.460 e. The Kier molecular flexibility index (Phi) is 6.05. The second-order valence-corrected chi connectivity index (χ2v) is 8.89. The molecule has 3 heterocycles. The number of para-hydroxylation sites is 1. The van der Waals surface area contributed by atoms with E-state index in [0.29, 0.717) is 11.4 Å². The van der Waals surface area contributed by atoms with Gasteiger partial charge in [0, 0.05) is 17.5 Å². The third kappa shape index (κ3) is 4.40. The van der Waals surface area contributed by atoms with E-state index in [-0.39, 0.29) is 6.61 Å². The van der Waals surface area contributed by atoms with E-state index in [1.54, 1.807) is 22.9 Å². The Morgan fingerprint density at radius 3 is 2.50 bits per heavy atom. The molecule has 0 bridgehead atoms. The molecule has 5 rings (SSSR count). The fourth-order valence-corrected chi connectivity index (χ4v) is 4.77. The number of aromatic nitrogens is 2. The van der Waals surface area contributed by atoms with Crippen molar-refractivity contribution in [3.05, 3.63) is 95.5 Å². The molecule has 170 valence electrons. The molecule has 8 heteroatoms. The van der Waals surface area contributed by atoms with Crippen LogP contribution in [0.3, 0.4) is 0 Å². The van der Waals surface area contributed by atoms with Crippen molar-refractivity contribution in [2.75, 3.05) is 0 Å². The Balaban J connectivity index is 1.53. The lowest BCUT2D eigenvalue weighted by atomic mass is 9.88. The average Bonchev–Trinajstić information content (AvgIpc) is 3.53. The topological polar surface area (TPSA) is 85.6 Å². The summed E-state index contributed by atoms with van der Waals surface area (Å²) in [5.41, 5.74) is 3.62. The molecule has 4 aromatic rings. The van der Waals surface area contributed by atoms with Crippen LogP contribution in [0.15, 0.2) is 89.4 Å². The molecule has 0 saturated heterocycles. The maximum absolute atomic E-state index is 13.3. The SMILES string of the molecule is CC1=NC(=O)NC(c2cn(-c3ccccc3)nc2-c2cccs2)C1C(=O)OCc1ccccc1. The van der Waals surface area contributed by atoms with Gasteiger partial charge < -0.3 is 10.1 Å². The van der Waals surface area contributed by atoms with Crippen molar-refractivity contribution in [3.8, 4) is 16.3 Å². The summed E-state index contributed by atoms with van der Waals surface area (Å²) >= 11 is 1.55. The zero-order chi connectivity index (χ0) is 23.5. The molecule has 0 radical (unpaired) electrons. The van der Waals surface area contributed by atoms with Crippen LogP contribution in [0.5, 0.6) is 0 Å². The average molecular weight is 471 g/mol. The molecule has 1 N–H and O–H groups in total. The predicted molar refractivity (Wildman–Crippen MR) is 131 cm³/mol. The smallest absolute Gasteiger partial charge is 0.341 e. The molecule has 0 saturated carbocycles. The van der Waals surface area contributed by atoms with E-state index in [1.165, 1.54) is 0 Å². The third-order valence-corrected chi connectivity index (χ3v) is 6.55. The number of carbonyl (C=O) groups is 2. The summed E-state index contributed by atoms with van der Waals surface area (Å²) in [5.74, 6) is -1.21. The van der Waals surface area contributed by atoms with Crippen molar-refractivity contribution < 1.29 is 14.3 Å². The van der Waals surface area contributed by atoms with E-state index in [4.69, 9.17) is 9.84 Å². The molecule has 34 heavy (non-hydrogen) atoms. The normalized spacial score (nSPS) is 17.7. The van der Waals surface area contributed by atoms with Crippen LogP contribution in [0.4, 0.5) is 4.79 Å². The number of nitrogens with one attached hydrogen (secondary N) is 1. The number of nitrogens with zero attached hydrogens (tertiary/aromatic N) is 3.